The molecular formula is C21H28N2O4S. The Morgan fingerprint density at radius 2 is 1.86 bits per heavy atom. The van der Waals surface area contributed by atoms with Crippen LogP contribution in [0.3, 0.4) is 0 Å². The van der Waals surface area contributed by atoms with Crippen molar-refractivity contribution in [2.75, 3.05) is 24.2 Å². The van der Waals surface area contributed by atoms with Gasteiger partial charge >= 0.3 is 0 Å². The summed E-state index contributed by atoms with van der Waals surface area (Å²) in [6, 6.07) is 13.2. The number of hydrogen-bond donors (Lipinski definition) is 1. The number of aryl methyl sites for hydroxylation is 2. The molecule has 0 fully saturated rings. The van der Waals surface area contributed by atoms with E-state index < -0.39 is 10.0 Å². The molecule has 0 bridgehead atoms. The third kappa shape index (κ3) is 5.99. The van der Waals surface area contributed by atoms with Crippen LogP contribution in [0.1, 0.15) is 29.5 Å². The fourth-order valence-corrected chi connectivity index (χ4v) is 3.98. The molecule has 152 valence electrons. The summed E-state index contributed by atoms with van der Waals surface area (Å²) < 4.78 is 31.2. The lowest BCUT2D eigenvalue weighted by molar-refractivity contribution is -0.121. The molecule has 0 atom stereocenters. The lowest BCUT2D eigenvalue weighted by Gasteiger charge is -2.24. The lowest BCUT2D eigenvalue weighted by atomic mass is 10.1. The van der Waals surface area contributed by atoms with Crippen molar-refractivity contribution in [3.8, 4) is 5.75 Å². The standard InChI is InChI=1S/C21H28N2O4S/c1-16-11-12-17(2)19(14-16)23(28(4,25)26)13-7-10-21(24)22-15-18-8-5-6-9-20(18)27-3/h5-6,8-9,11-12,14H,7,10,13,15H2,1-4H3,(H,22,24). The average Bonchev–Trinajstić information content (AvgIpc) is 2.65. The number of anilines is 1. The first-order valence-electron chi connectivity index (χ1n) is 9.16. The molecule has 0 radical (unpaired) electrons. The molecule has 2 rings (SSSR count). The van der Waals surface area contributed by atoms with E-state index in [2.05, 4.69) is 5.32 Å². The first-order valence-corrected chi connectivity index (χ1v) is 11.0. The maximum atomic E-state index is 12.3. The number of sulfonamides is 1. The predicted octanol–water partition coefficient (Wildman–Crippen LogP) is 3.17. The number of hydrogen-bond acceptors (Lipinski definition) is 4. The molecule has 0 heterocycles. The van der Waals surface area contributed by atoms with Crippen molar-refractivity contribution in [2.24, 2.45) is 0 Å². The number of benzene rings is 2. The van der Waals surface area contributed by atoms with Crippen LogP contribution in [0, 0.1) is 13.8 Å². The van der Waals surface area contributed by atoms with Gasteiger partial charge in [-0.05, 0) is 43.5 Å². The molecule has 0 saturated carbocycles. The number of para-hydroxylation sites is 1. The summed E-state index contributed by atoms with van der Waals surface area (Å²) in [6.45, 7) is 4.43. The Balaban J connectivity index is 1.95. The molecular weight excluding hydrogens is 376 g/mol. The van der Waals surface area contributed by atoms with Gasteiger partial charge in [-0.3, -0.25) is 9.10 Å². The largest absolute Gasteiger partial charge is 0.496 e. The lowest BCUT2D eigenvalue weighted by Crippen LogP contribution is -2.32. The van der Waals surface area contributed by atoms with Gasteiger partial charge in [-0.2, -0.15) is 0 Å². The Morgan fingerprint density at radius 1 is 1.14 bits per heavy atom. The minimum absolute atomic E-state index is 0.125. The number of amides is 1. The minimum Gasteiger partial charge on any atom is -0.496 e. The summed E-state index contributed by atoms with van der Waals surface area (Å²) in [7, 11) is -1.84. The molecule has 28 heavy (non-hydrogen) atoms. The zero-order valence-electron chi connectivity index (χ0n) is 16.9. The summed E-state index contributed by atoms with van der Waals surface area (Å²) in [5.74, 6) is 0.598. The van der Waals surface area contributed by atoms with Crippen LogP contribution in [0.15, 0.2) is 42.5 Å². The van der Waals surface area contributed by atoms with E-state index in [1.165, 1.54) is 10.6 Å². The van der Waals surface area contributed by atoms with Crippen LogP contribution in [-0.4, -0.2) is 34.2 Å². The summed E-state index contributed by atoms with van der Waals surface area (Å²) in [6.07, 6.45) is 1.86. The van der Waals surface area contributed by atoms with Crippen LogP contribution in [0.2, 0.25) is 0 Å². The summed E-state index contributed by atoms with van der Waals surface area (Å²) >= 11 is 0. The molecule has 0 spiro atoms. The van der Waals surface area contributed by atoms with E-state index >= 15 is 0 Å². The van der Waals surface area contributed by atoms with E-state index in [0.717, 1.165) is 22.4 Å². The molecule has 2 aromatic rings. The van der Waals surface area contributed by atoms with Gasteiger partial charge in [-0.25, -0.2) is 8.42 Å². The van der Waals surface area contributed by atoms with Crippen molar-refractivity contribution in [1.29, 1.82) is 0 Å². The monoisotopic (exact) mass is 404 g/mol. The van der Waals surface area contributed by atoms with Crippen LogP contribution in [0.4, 0.5) is 5.69 Å². The second-order valence-electron chi connectivity index (χ2n) is 6.82. The number of carbonyl (C=O) groups excluding carboxylic acids is 1. The molecule has 1 N–H and O–H groups in total. The maximum Gasteiger partial charge on any atom is 0.232 e. The summed E-state index contributed by atoms with van der Waals surface area (Å²) in [5.41, 5.74) is 3.43. The smallest absolute Gasteiger partial charge is 0.232 e. The molecule has 0 unspecified atom stereocenters. The Bertz CT molecular complexity index is 926. The third-order valence-corrected chi connectivity index (χ3v) is 5.65. The average molecular weight is 405 g/mol. The van der Waals surface area contributed by atoms with Crippen molar-refractivity contribution in [3.05, 3.63) is 59.2 Å². The molecule has 0 aliphatic heterocycles. The van der Waals surface area contributed by atoms with E-state index in [9.17, 15) is 13.2 Å². The number of nitrogens with zero attached hydrogens (tertiary/aromatic N) is 1. The highest BCUT2D eigenvalue weighted by Gasteiger charge is 2.19. The van der Waals surface area contributed by atoms with Gasteiger partial charge in [-0.1, -0.05) is 30.3 Å². The highest BCUT2D eigenvalue weighted by Crippen LogP contribution is 2.24. The molecule has 7 heteroatoms. The number of ether oxygens (including phenoxy) is 1. The Labute approximate surface area is 167 Å². The molecule has 1 amide bonds. The fraction of sp³-hybridized carbons (Fsp3) is 0.381. The van der Waals surface area contributed by atoms with Gasteiger partial charge in [0.15, 0.2) is 0 Å². The summed E-state index contributed by atoms with van der Waals surface area (Å²) in [5, 5.41) is 2.86. The SMILES string of the molecule is COc1ccccc1CNC(=O)CCCN(c1cc(C)ccc1C)S(C)(=O)=O. The van der Waals surface area contributed by atoms with Crippen molar-refractivity contribution in [2.45, 2.75) is 33.2 Å². The number of methoxy groups -OCH3 is 1. The molecule has 2 aromatic carbocycles. The molecule has 6 nitrogen and oxygen atoms in total. The van der Waals surface area contributed by atoms with Gasteiger partial charge in [0.2, 0.25) is 15.9 Å². The second kappa shape index (κ2) is 9.59. The Kier molecular flexibility index (Phi) is 7.45. The van der Waals surface area contributed by atoms with E-state index in [-0.39, 0.29) is 18.9 Å². The number of nitrogens with one attached hydrogen (secondary N) is 1. The zero-order chi connectivity index (χ0) is 20.7. The topological polar surface area (TPSA) is 75.7 Å². The highest BCUT2D eigenvalue weighted by molar-refractivity contribution is 7.92. The third-order valence-electron chi connectivity index (χ3n) is 4.47. The maximum absolute atomic E-state index is 12.3. The van der Waals surface area contributed by atoms with Gasteiger partial charge in [0.25, 0.3) is 0 Å². The van der Waals surface area contributed by atoms with Crippen molar-refractivity contribution >= 4 is 21.6 Å². The fourth-order valence-electron chi connectivity index (χ4n) is 2.97. The number of rotatable bonds is 9. The second-order valence-corrected chi connectivity index (χ2v) is 8.72. The molecule has 0 saturated heterocycles. The summed E-state index contributed by atoms with van der Waals surface area (Å²) in [4.78, 5) is 12.2. The molecule has 0 aliphatic carbocycles. The quantitative estimate of drug-likeness (QED) is 0.696. The van der Waals surface area contributed by atoms with Crippen LogP contribution in [0.25, 0.3) is 0 Å². The van der Waals surface area contributed by atoms with Crippen LogP contribution < -0.4 is 14.4 Å². The van der Waals surface area contributed by atoms with Gasteiger partial charge in [0, 0.05) is 25.1 Å². The van der Waals surface area contributed by atoms with Crippen LogP contribution in [-0.2, 0) is 21.4 Å². The van der Waals surface area contributed by atoms with E-state index in [1.807, 2.05) is 56.3 Å². The first-order chi connectivity index (χ1) is 13.2. The molecule has 0 aromatic heterocycles. The van der Waals surface area contributed by atoms with Crippen LogP contribution >= 0.6 is 0 Å². The van der Waals surface area contributed by atoms with Crippen molar-refractivity contribution < 1.29 is 17.9 Å². The number of carbonyl (C=O) groups is 1. The minimum atomic E-state index is -3.43. The zero-order valence-corrected chi connectivity index (χ0v) is 17.7. The predicted molar refractivity (Wildman–Crippen MR) is 112 cm³/mol. The van der Waals surface area contributed by atoms with Gasteiger partial charge < -0.3 is 10.1 Å². The van der Waals surface area contributed by atoms with E-state index in [4.69, 9.17) is 4.74 Å². The Hall–Kier alpha value is -2.54. The van der Waals surface area contributed by atoms with E-state index in [0.29, 0.717) is 18.7 Å². The van der Waals surface area contributed by atoms with Gasteiger partial charge in [0.1, 0.15) is 5.75 Å². The van der Waals surface area contributed by atoms with Gasteiger partial charge in [0.05, 0.1) is 19.1 Å². The first kappa shape index (κ1) is 21.8. The molecule has 0 aliphatic rings. The van der Waals surface area contributed by atoms with Crippen molar-refractivity contribution in [1.82, 2.24) is 5.32 Å². The highest BCUT2D eigenvalue weighted by atomic mass is 32.2. The van der Waals surface area contributed by atoms with Crippen molar-refractivity contribution in [3.63, 3.8) is 0 Å². The van der Waals surface area contributed by atoms with Gasteiger partial charge in [-0.15, -0.1) is 0 Å². The normalized spacial score (nSPS) is 11.1. The Morgan fingerprint density at radius 3 is 2.54 bits per heavy atom. The van der Waals surface area contributed by atoms with E-state index in [1.54, 1.807) is 7.11 Å². The van der Waals surface area contributed by atoms with Crippen LogP contribution in [0.5, 0.6) is 5.75 Å².